The fraction of sp³-hybridized carbons (Fsp3) is 0.700. The third-order valence-corrected chi connectivity index (χ3v) is 5.86. The Kier molecular flexibility index (Phi) is 8.38. The summed E-state index contributed by atoms with van der Waals surface area (Å²) in [5.74, 6) is 0.670. The molecule has 148 valence electrons. The van der Waals surface area contributed by atoms with Crippen LogP contribution in [0.1, 0.15) is 33.1 Å². The molecule has 1 unspecified atom stereocenters. The van der Waals surface area contributed by atoms with Crippen molar-refractivity contribution >= 4 is 15.5 Å². The first-order chi connectivity index (χ1) is 12.4. The third-order valence-electron chi connectivity index (χ3n) is 4.75. The number of rotatable bonds is 4. The van der Waals surface area contributed by atoms with Crippen LogP contribution in [0, 0.1) is 5.92 Å². The monoisotopic (exact) mass is 382 g/mol. The standard InChI is InChI=1S/C17H26N2O3S.C3H8/c1-23(20,21)17-6-2-5-16(12-17)19-9-7-18(8-10-19)13-15-4-3-11-22-14-15;1-3-2/h2,5-6,12,15H,3-4,7-11,13-14H2,1H3;3H2,1-2H3. The van der Waals surface area contributed by atoms with Crippen molar-refractivity contribution in [1.82, 2.24) is 4.90 Å². The van der Waals surface area contributed by atoms with Crippen LogP contribution in [0.3, 0.4) is 0 Å². The minimum Gasteiger partial charge on any atom is -0.381 e. The molecule has 0 saturated carbocycles. The molecule has 0 N–H and O–H groups in total. The van der Waals surface area contributed by atoms with Crippen molar-refractivity contribution in [2.75, 3.05) is 57.1 Å². The van der Waals surface area contributed by atoms with E-state index < -0.39 is 9.84 Å². The molecule has 5 nitrogen and oxygen atoms in total. The van der Waals surface area contributed by atoms with E-state index in [2.05, 4.69) is 23.6 Å². The van der Waals surface area contributed by atoms with E-state index >= 15 is 0 Å². The van der Waals surface area contributed by atoms with E-state index in [-0.39, 0.29) is 0 Å². The Hall–Kier alpha value is -1.11. The second-order valence-corrected chi connectivity index (χ2v) is 9.36. The van der Waals surface area contributed by atoms with Gasteiger partial charge in [0, 0.05) is 51.3 Å². The van der Waals surface area contributed by atoms with Gasteiger partial charge in [0.2, 0.25) is 0 Å². The summed E-state index contributed by atoms with van der Waals surface area (Å²) < 4.78 is 29.0. The molecule has 6 heteroatoms. The van der Waals surface area contributed by atoms with E-state index in [1.54, 1.807) is 12.1 Å². The number of hydrogen-bond donors (Lipinski definition) is 0. The highest BCUT2D eigenvalue weighted by Gasteiger charge is 2.22. The molecule has 2 aliphatic heterocycles. The molecule has 1 atom stereocenters. The Labute approximate surface area is 159 Å². The van der Waals surface area contributed by atoms with Gasteiger partial charge < -0.3 is 9.64 Å². The van der Waals surface area contributed by atoms with Crippen LogP contribution in [-0.4, -0.2) is 65.5 Å². The molecule has 2 saturated heterocycles. The zero-order valence-corrected chi connectivity index (χ0v) is 17.3. The van der Waals surface area contributed by atoms with Crippen molar-refractivity contribution in [2.45, 2.75) is 38.0 Å². The highest BCUT2D eigenvalue weighted by Crippen LogP contribution is 2.22. The minimum absolute atomic E-state index is 0.400. The van der Waals surface area contributed by atoms with Gasteiger partial charge in [-0.1, -0.05) is 26.3 Å². The lowest BCUT2D eigenvalue weighted by Crippen LogP contribution is -2.48. The molecule has 0 bridgehead atoms. The third kappa shape index (κ3) is 6.56. The van der Waals surface area contributed by atoms with E-state index in [1.807, 2.05) is 12.1 Å². The lowest BCUT2D eigenvalue weighted by atomic mass is 10.0. The van der Waals surface area contributed by atoms with Gasteiger partial charge in [0.25, 0.3) is 0 Å². The Morgan fingerprint density at radius 3 is 2.42 bits per heavy atom. The first-order valence-corrected chi connectivity index (χ1v) is 11.7. The molecule has 1 aromatic carbocycles. The fourth-order valence-electron chi connectivity index (χ4n) is 3.42. The highest BCUT2D eigenvalue weighted by atomic mass is 32.2. The Bertz CT molecular complexity index is 634. The van der Waals surface area contributed by atoms with Crippen LogP contribution in [0.2, 0.25) is 0 Å². The quantitative estimate of drug-likeness (QED) is 0.801. The largest absolute Gasteiger partial charge is 0.381 e. The topological polar surface area (TPSA) is 49.9 Å². The Morgan fingerprint density at radius 2 is 1.85 bits per heavy atom. The summed E-state index contributed by atoms with van der Waals surface area (Å²) in [6.45, 7) is 11.1. The Balaban J connectivity index is 0.000000758. The second-order valence-electron chi connectivity index (χ2n) is 7.35. The van der Waals surface area contributed by atoms with Crippen LogP contribution in [0.25, 0.3) is 0 Å². The zero-order valence-electron chi connectivity index (χ0n) is 16.5. The molecular weight excluding hydrogens is 348 g/mol. The van der Waals surface area contributed by atoms with Gasteiger partial charge in [0.1, 0.15) is 0 Å². The van der Waals surface area contributed by atoms with Crippen molar-refractivity contribution in [3.05, 3.63) is 24.3 Å². The summed E-state index contributed by atoms with van der Waals surface area (Å²) in [4.78, 5) is 5.19. The van der Waals surface area contributed by atoms with Crippen molar-refractivity contribution in [3.63, 3.8) is 0 Å². The van der Waals surface area contributed by atoms with Gasteiger partial charge in [0.15, 0.2) is 9.84 Å². The molecule has 2 aliphatic rings. The molecule has 0 amide bonds. The number of nitrogens with zero attached hydrogens (tertiary/aromatic N) is 2. The first-order valence-electron chi connectivity index (χ1n) is 9.79. The molecule has 26 heavy (non-hydrogen) atoms. The lowest BCUT2D eigenvalue weighted by molar-refractivity contribution is 0.0377. The molecule has 0 spiro atoms. The lowest BCUT2D eigenvalue weighted by Gasteiger charge is -2.38. The van der Waals surface area contributed by atoms with Crippen molar-refractivity contribution in [3.8, 4) is 0 Å². The number of benzene rings is 1. The van der Waals surface area contributed by atoms with Gasteiger partial charge in [0.05, 0.1) is 11.5 Å². The maximum atomic E-state index is 11.7. The normalized spacial score (nSPS) is 21.8. The summed E-state index contributed by atoms with van der Waals surface area (Å²) in [5, 5.41) is 0. The zero-order chi connectivity index (χ0) is 19.0. The first kappa shape index (κ1) is 21.2. The van der Waals surface area contributed by atoms with Crippen molar-refractivity contribution in [1.29, 1.82) is 0 Å². The van der Waals surface area contributed by atoms with E-state index in [4.69, 9.17) is 4.74 Å². The SMILES string of the molecule is CCC.CS(=O)(=O)c1cccc(N2CCN(CC3CCCOC3)CC2)c1. The average molecular weight is 383 g/mol. The van der Waals surface area contributed by atoms with Gasteiger partial charge in [-0.25, -0.2) is 8.42 Å². The van der Waals surface area contributed by atoms with E-state index in [9.17, 15) is 8.42 Å². The number of piperazine rings is 1. The van der Waals surface area contributed by atoms with Gasteiger partial charge in [-0.2, -0.15) is 0 Å². The van der Waals surface area contributed by atoms with Gasteiger partial charge in [-0.15, -0.1) is 0 Å². The molecule has 0 radical (unpaired) electrons. The summed E-state index contributed by atoms with van der Waals surface area (Å²) >= 11 is 0. The maximum Gasteiger partial charge on any atom is 0.175 e. The van der Waals surface area contributed by atoms with Crippen LogP contribution in [0.4, 0.5) is 5.69 Å². The van der Waals surface area contributed by atoms with E-state index in [0.29, 0.717) is 10.8 Å². The Morgan fingerprint density at radius 1 is 1.15 bits per heavy atom. The molecule has 2 heterocycles. The smallest absolute Gasteiger partial charge is 0.175 e. The van der Waals surface area contributed by atoms with Gasteiger partial charge in [-0.05, 0) is 37.0 Å². The number of hydrogen-bond acceptors (Lipinski definition) is 5. The molecular formula is C20H34N2O3S. The van der Waals surface area contributed by atoms with Crippen LogP contribution in [-0.2, 0) is 14.6 Å². The number of sulfone groups is 1. The predicted molar refractivity (Wildman–Crippen MR) is 108 cm³/mol. The van der Waals surface area contributed by atoms with Crippen LogP contribution >= 0.6 is 0 Å². The summed E-state index contributed by atoms with van der Waals surface area (Å²) in [6.07, 6.45) is 4.97. The molecule has 0 aromatic heterocycles. The predicted octanol–water partition coefficient (Wildman–Crippen LogP) is 3.06. The fourth-order valence-corrected chi connectivity index (χ4v) is 4.08. The van der Waals surface area contributed by atoms with Crippen LogP contribution in [0.5, 0.6) is 0 Å². The minimum atomic E-state index is -3.14. The van der Waals surface area contributed by atoms with E-state index in [1.165, 1.54) is 25.5 Å². The molecule has 2 fully saturated rings. The van der Waals surface area contributed by atoms with Crippen LogP contribution in [0.15, 0.2) is 29.2 Å². The molecule has 1 aromatic rings. The van der Waals surface area contributed by atoms with Crippen LogP contribution < -0.4 is 4.90 Å². The molecule has 3 rings (SSSR count). The summed E-state index contributed by atoms with van der Waals surface area (Å²) in [5.41, 5.74) is 1.01. The van der Waals surface area contributed by atoms with Crippen molar-refractivity contribution < 1.29 is 13.2 Å². The highest BCUT2D eigenvalue weighted by molar-refractivity contribution is 7.90. The van der Waals surface area contributed by atoms with Crippen molar-refractivity contribution in [2.24, 2.45) is 5.92 Å². The number of anilines is 1. The van der Waals surface area contributed by atoms with Gasteiger partial charge in [-0.3, -0.25) is 4.90 Å². The summed E-state index contributed by atoms with van der Waals surface area (Å²) in [6, 6.07) is 7.29. The summed E-state index contributed by atoms with van der Waals surface area (Å²) in [7, 11) is -3.14. The molecule has 0 aliphatic carbocycles. The van der Waals surface area contributed by atoms with E-state index in [0.717, 1.165) is 51.6 Å². The second kappa shape index (κ2) is 10.3. The average Bonchev–Trinajstić information content (AvgIpc) is 2.63. The number of ether oxygens (including phenoxy) is 1. The maximum absolute atomic E-state index is 11.7. The van der Waals surface area contributed by atoms with Gasteiger partial charge >= 0.3 is 0 Å².